The van der Waals surface area contributed by atoms with Gasteiger partial charge in [-0.05, 0) is 6.42 Å². The first-order valence-electron chi connectivity index (χ1n) is 7.57. The summed E-state index contributed by atoms with van der Waals surface area (Å²) in [5.74, 6) is -0.0138. The second-order valence-electron chi connectivity index (χ2n) is 6.05. The van der Waals surface area contributed by atoms with Gasteiger partial charge in [0.25, 0.3) is 0 Å². The molecule has 23 heavy (non-hydrogen) atoms. The van der Waals surface area contributed by atoms with Crippen LogP contribution in [0.5, 0.6) is 0 Å². The van der Waals surface area contributed by atoms with E-state index in [0.717, 1.165) is 0 Å². The molecule has 0 saturated heterocycles. The number of aliphatic imine (C=N–C) groups is 3. The number of nitrogens with one attached hydrogen (secondary N) is 2. The van der Waals surface area contributed by atoms with Gasteiger partial charge in [-0.25, -0.2) is 9.98 Å². The minimum absolute atomic E-state index is 0.249. The lowest BCUT2D eigenvalue weighted by atomic mass is 9.76. The highest BCUT2D eigenvalue weighted by molar-refractivity contribution is 6.00. The molecule has 1 fully saturated rings. The second kappa shape index (κ2) is 6.49. The average Bonchev–Trinajstić information content (AvgIpc) is 3.04. The van der Waals surface area contributed by atoms with Crippen molar-refractivity contribution in [2.24, 2.45) is 26.6 Å². The third kappa shape index (κ3) is 2.95. The fourth-order valence-corrected chi connectivity index (χ4v) is 3.24. The Kier molecular flexibility index (Phi) is 4.60. The molecular weight excluding hydrogens is 304 g/mol. The molecule has 1 aliphatic carbocycles. The molecule has 3 rings (SSSR count). The van der Waals surface area contributed by atoms with Crippen LogP contribution in [0.25, 0.3) is 0 Å². The number of fused-ring (bicyclic) bond motifs is 1. The van der Waals surface area contributed by atoms with Gasteiger partial charge in [-0.15, -0.1) is 0 Å². The Labute approximate surface area is 132 Å². The summed E-state index contributed by atoms with van der Waals surface area (Å²) in [7, 11) is 0. The number of aliphatic hydroxyl groups is 4. The van der Waals surface area contributed by atoms with Crippen LogP contribution in [0.2, 0.25) is 0 Å². The van der Waals surface area contributed by atoms with Gasteiger partial charge in [-0.2, -0.15) is 0 Å². The fraction of sp³-hybridized carbons (Fsp3) is 0.769. The normalized spacial score (nSPS) is 45.4. The monoisotopic (exact) mass is 326 g/mol. The smallest absolute Gasteiger partial charge is 0.170 e. The second-order valence-corrected chi connectivity index (χ2v) is 6.05. The topological polar surface area (TPSA) is 168 Å². The molecule has 2 aliphatic heterocycles. The maximum absolute atomic E-state index is 10.3. The van der Waals surface area contributed by atoms with Crippen molar-refractivity contribution in [3.05, 3.63) is 0 Å². The van der Waals surface area contributed by atoms with Gasteiger partial charge < -0.3 is 36.8 Å². The van der Waals surface area contributed by atoms with Gasteiger partial charge in [0, 0.05) is 12.0 Å². The molecule has 0 spiro atoms. The van der Waals surface area contributed by atoms with Crippen LogP contribution in [0.3, 0.4) is 0 Å². The number of aliphatic hydroxyl groups excluding tert-OH is 4. The van der Waals surface area contributed by atoms with E-state index in [4.69, 9.17) is 10.8 Å². The molecule has 10 heteroatoms. The first kappa shape index (κ1) is 16.3. The van der Waals surface area contributed by atoms with Crippen molar-refractivity contribution in [3.8, 4) is 0 Å². The van der Waals surface area contributed by atoms with Gasteiger partial charge in [0.05, 0.1) is 37.5 Å². The summed E-state index contributed by atoms with van der Waals surface area (Å²) >= 11 is 0. The number of hydrogen-bond donors (Lipinski definition) is 7. The van der Waals surface area contributed by atoms with Gasteiger partial charge >= 0.3 is 0 Å². The Bertz CT molecular complexity index is 527. The number of amidine groups is 1. The minimum atomic E-state index is -1.23. The van der Waals surface area contributed by atoms with E-state index in [2.05, 4.69) is 25.6 Å². The summed E-state index contributed by atoms with van der Waals surface area (Å²) in [4.78, 5) is 12.8. The summed E-state index contributed by atoms with van der Waals surface area (Å²) in [5, 5.41) is 45.4. The average molecular weight is 326 g/mol. The van der Waals surface area contributed by atoms with Crippen molar-refractivity contribution in [3.63, 3.8) is 0 Å². The third-order valence-electron chi connectivity index (χ3n) is 4.65. The number of nitrogens with two attached hydrogens (primary N) is 1. The van der Waals surface area contributed by atoms with Crippen LogP contribution in [0.1, 0.15) is 6.42 Å². The molecule has 2 heterocycles. The standard InChI is InChI=1S/C13H22N6O4/c14-8-5(7(21)2-20)1-6(10(22)11(8)23)19-13-9-12(16-3-15-9)17-4-18-13/h3-12,20-23H,1-2,14H2,(H,15,16)(H,17,18,19). The molecule has 128 valence electrons. The van der Waals surface area contributed by atoms with E-state index < -0.39 is 42.9 Å². The molecule has 0 aromatic carbocycles. The highest BCUT2D eigenvalue weighted by atomic mass is 16.3. The van der Waals surface area contributed by atoms with Crippen LogP contribution < -0.4 is 16.4 Å². The molecule has 1 saturated carbocycles. The first-order valence-corrected chi connectivity index (χ1v) is 7.57. The van der Waals surface area contributed by atoms with Gasteiger partial charge in [0.2, 0.25) is 0 Å². The lowest BCUT2D eigenvalue weighted by Crippen LogP contribution is -2.60. The molecule has 0 bridgehead atoms. The van der Waals surface area contributed by atoms with Crippen molar-refractivity contribution < 1.29 is 20.4 Å². The summed E-state index contributed by atoms with van der Waals surface area (Å²) in [5.41, 5.74) is 5.87. The Hall–Kier alpha value is -1.59. The van der Waals surface area contributed by atoms with Gasteiger partial charge in [0.1, 0.15) is 18.0 Å². The van der Waals surface area contributed by atoms with Gasteiger partial charge in [-0.1, -0.05) is 0 Å². The number of nitrogens with zero attached hydrogens (tertiary/aromatic N) is 3. The summed E-state index contributed by atoms with van der Waals surface area (Å²) in [6.45, 7) is -0.463. The Morgan fingerprint density at radius 2 is 2.04 bits per heavy atom. The van der Waals surface area contributed by atoms with Gasteiger partial charge in [0.15, 0.2) is 6.17 Å². The molecule has 8 unspecified atom stereocenters. The van der Waals surface area contributed by atoms with Crippen molar-refractivity contribution in [1.82, 2.24) is 10.6 Å². The Morgan fingerprint density at radius 1 is 1.30 bits per heavy atom. The van der Waals surface area contributed by atoms with E-state index in [-0.39, 0.29) is 18.6 Å². The van der Waals surface area contributed by atoms with E-state index in [1.807, 2.05) is 0 Å². The van der Waals surface area contributed by atoms with Crippen LogP contribution in [0.15, 0.2) is 15.0 Å². The number of rotatable bonds is 3. The van der Waals surface area contributed by atoms with Crippen LogP contribution >= 0.6 is 0 Å². The van der Waals surface area contributed by atoms with E-state index in [9.17, 15) is 15.3 Å². The zero-order valence-corrected chi connectivity index (χ0v) is 12.4. The van der Waals surface area contributed by atoms with Crippen molar-refractivity contribution in [2.75, 3.05) is 6.61 Å². The van der Waals surface area contributed by atoms with Gasteiger partial charge in [-0.3, -0.25) is 4.99 Å². The molecule has 8 atom stereocenters. The first-order chi connectivity index (χ1) is 11.0. The van der Waals surface area contributed by atoms with Crippen LogP contribution in [0.4, 0.5) is 0 Å². The summed E-state index contributed by atoms with van der Waals surface area (Å²) in [6.07, 6.45) is -0.469. The predicted molar refractivity (Wildman–Crippen MR) is 83.2 cm³/mol. The molecule has 0 radical (unpaired) electrons. The highest BCUT2D eigenvalue weighted by Crippen LogP contribution is 2.29. The third-order valence-corrected chi connectivity index (χ3v) is 4.65. The predicted octanol–water partition coefficient (Wildman–Crippen LogP) is -3.87. The van der Waals surface area contributed by atoms with E-state index in [0.29, 0.717) is 5.84 Å². The zero-order chi connectivity index (χ0) is 16.6. The zero-order valence-electron chi connectivity index (χ0n) is 12.4. The summed E-state index contributed by atoms with van der Waals surface area (Å²) < 4.78 is 0. The molecular formula is C13H22N6O4. The molecule has 3 aliphatic rings. The van der Waals surface area contributed by atoms with Crippen molar-refractivity contribution >= 4 is 18.5 Å². The SMILES string of the molecule is NC1C(O)C(O)C(N=C2NC=NC3N=CNC23)CC1C(O)CO. The highest BCUT2D eigenvalue weighted by Gasteiger charge is 2.45. The number of hydrogen-bond acceptors (Lipinski definition) is 9. The summed E-state index contributed by atoms with van der Waals surface area (Å²) in [6, 6.07) is -1.74. The van der Waals surface area contributed by atoms with E-state index >= 15 is 0 Å². The lowest BCUT2D eigenvalue weighted by Gasteiger charge is -2.41. The molecule has 0 aromatic heterocycles. The fourth-order valence-electron chi connectivity index (χ4n) is 3.24. The van der Waals surface area contributed by atoms with E-state index in [1.54, 1.807) is 6.34 Å². The van der Waals surface area contributed by atoms with Crippen LogP contribution in [0, 0.1) is 5.92 Å². The largest absolute Gasteiger partial charge is 0.394 e. The van der Waals surface area contributed by atoms with Crippen molar-refractivity contribution in [2.45, 2.75) is 49.0 Å². The maximum Gasteiger partial charge on any atom is 0.170 e. The molecule has 8 N–H and O–H groups in total. The Morgan fingerprint density at radius 3 is 2.78 bits per heavy atom. The lowest BCUT2D eigenvalue weighted by molar-refractivity contribution is -0.0810. The molecule has 10 nitrogen and oxygen atoms in total. The molecule has 0 aromatic rings. The van der Waals surface area contributed by atoms with Crippen LogP contribution in [-0.2, 0) is 0 Å². The quantitative estimate of drug-likeness (QED) is 0.278. The van der Waals surface area contributed by atoms with Crippen LogP contribution in [-0.4, -0.2) is 88.1 Å². The minimum Gasteiger partial charge on any atom is -0.394 e. The maximum atomic E-state index is 10.3. The molecule has 0 amide bonds. The van der Waals surface area contributed by atoms with Crippen molar-refractivity contribution in [1.29, 1.82) is 0 Å². The Balaban J connectivity index is 1.80. The van der Waals surface area contributed by atoms with E-state index in [1.165, 1.54) is 6.34 Å².